The number of esters is 1. The molecular formula is C15H14ClNO3. The monoisotopic (exact) mass is 291 g/mol. The molecule has 0 saturated carbocycles. The number of hydrogen-bond donors (Lipinski definition) is 0. The highest BCUT2D eigenvalue weighted by Crippen LogP contribution is 2.19. The van der Waals surface area contributed by atoms with Crippen LogP contribution in [0.2, 0.25) is 5.15 Å². The number of ether oxygens (including phenoxy) is 2. The van der Waals surface area contributed by atoms with E-state index in [4.69, 9.17) is 21.1 Å². The molecule has 4 nitrogen and oxygen atoms in total. The van der Waals surface area contributed by atoms with Crippen molar-refractivity contribution in [1.29, 1.82) is 0 Å². The minimum Gasteiger partial charge on any atom is -0.493 e. The Morgan fingerprint density at radius 2 is 2.05 bits per heavy atom. The number of nitrogens with zero attached hydrogens (tertiary/aromatic N) is 1. The van der Waals surface area contributed by atoms with Gasteiger partial charge in [0.1, 0.15) is 23.1 Å². The molecule has 104 valence electrons. The van der Waals surface area contributed by atoms with Crippen molar-refractivity contribution < 1.29 is 14.3 Å². The fraction of sp³-hybridized carbons (Fsp3) is 0.200. The molecule has 2 rings (SSSR count). The largest absolute Gasteiger partial charge is 0.493 e. The first-order chi connectivity index (χ1) is 9.70. The summed E-state index contributed by atoms with van der Waals surface area (Å²) in [6.07, 6.45) is 1.57. The molecule has 2 aromatic rings. The predicted octanol–water partition coefficient (Wildman–Crippen LogP) is 3.49. The highest BCUT2D eigenvalue weighted by atomic mass is 35.5. The molecule has 20 heavy (non-hydrogen) atoms. The number of carbonyl (C=O) groups excluding carboxylic acids is 1. The zero-order valence-corrected chi connectivity index (χ0v) is 11.8. The van der Waals surface area contributed by atoms with Gasteiger partial charge in [-0.2, -0.15) is 0 Å². The molecular weight excluding hydrogens is 278 g/mol. The second kappa shape index (κ2) is 6.91. The molecule has 0 aliphatic rings. The molecule has 0 unspecified atom stereocenters. The smallest absolute Gasteiger partial charge is 0.342 e. The van der Waals surface area contributed by atoms with Crippen LogP contribution in [0.25, 0.3) is 0 Å². The highest BCUT2D eigenvalue weighted by molar-refractivity contribution is 6.29. The van der Waals surface area contributed by atoms with Crippen LogP contribution in [0.15, 0.2) is 42.6 Å². The van der Waals surface area contributed by atoms with E-state index in [1.807, 2.05) is 13.0 Å². The van der Waals surface area contributed by atoms with E-state index in [1.54, 1.807) is 36.5 Å². The molecule has 0 aliphatic heterocycles. The van der Waals surface area contributed by atoms with Gasteiger partial charge in [-0.05, 0) is 25.1 Å². The molecule has 0 radical (unpaired) electrons. The lowest BCUT2D eigenvalue weighted by Gasteiger charge is -2.09. The van der Waals surface area contributed by atoms with Crippen LogP contribution in [0.5, 0.6) is 5.75 Å². The normalized spacial score (nSPS) is 10.1. The van der Waals surface area contributed by atoms with E-state index in [2.05, 4.69) is 4.98 Å². The molecule has 0 atom stereocenters. The first-order valence-electron chi connectivity index (χ1n) is 6.20. The Morgan fingerprint density at radius 3 is 2.75 bits per heavy atom. The van der Waals surface area contributed by atoms with E-state index in [-0.39, 0.29) is 6.61 Å². The van der Waals surface area contributed by atoms with Gasteiger partial charge in [-0.3, -0.25) is 0 Å². The van der Waals surface area contributed by atoms with Gasteiger partial charge in [0.2, 0.25) is 0 Å². The second-order valence-corrected chi connectivity index (χ2v) is 4.38. The van der Waals surface area contributed by atoms with Crippen LogP contribution in [0.3, 0.4) is 0 Å². The Hall–Kier alpha value is -2.07. The summed E-state index contributed by atoms with van der Waals surface area (Å²) in [5.41, 5.74) is 1.19. The molecule has 5 heteroatoms. The second-order valence-electron chi connectivity index (χ2n) is 3.99. The van der Waals surface area contributed by atoms with Gasteiger partial charge >= 0.3 is 5.97 Å². The van der Waals surface area contributed by atoms with Gasteiger partial charge in [0, 0.05) is 11.8 Å². The first-order valence-corrected chi connectivity index (χ1v) is 6.58. The molecule has 0 spiro atoms. The van der Waals surface area contributed by atoms with E-state index < -0.39 is 5.97 Å². The van der Waals surface area contributed by atoms with Gasteiger partial charge in [-0.15, -0.1) is 0 Å². The fourth-order valence-electron chi connectivity index (χ4n) is 1.64. The van der Waals surface area contributed by atoms with Gasteiger partial charge in [0.15, 0.2) is 0 Å². The van der Waals surface area contributed by atoms with E-state index in [1.165, 1.54) is 0 Å². The van der Waals surface area contributed by atoms with E-state index in [0.29, 0.717) is 23.1 Å². The molecule has 0 saturated heterocycles. The Labute approximate surface area is 122 Å². The maximum atomic E-state index is 12.0. The van der Waals surface area contributed by atoms with Crippen LogP contribution >= 0.6 is 11.6 Å². The van der Waals surface area contributed by atoms with E-state index >= 15 is 0 Å². The van der Waals surface area contributed by atoms with Crippen LogP contribution in [0, 0.1) is 0 Å². The molecule has 0 N–H and O–H groups in total. The van der Waals surface area contributed by atoms with Crippen molar-refractivity contribution in [3.63, 3.8) is 0 Å². The Balaban J connectivity index is 2.03. The van der Waals surface area contributed by atoms with Crippen molar-refractivity contribution in [3.05, 3.63) is 58.9 Å². The first kappa shape index (κ1) is 14.3. The lowest BCUT2D eigenvalue weighted by molar-refractivity contribution is 0.0468. The molecule has 0 bridgehead atoms. The zero-order valence-electron chi connectivity index (χ0n) is 11.0. The van der Waals surface area contributed by atoms with Crippen molar-refractivity contribution in [2.75, 3.05) is 6.61 Å². The summed E-state index contributed by atoms with van der Waals surface area (Å²) >= 11 is 5.69. The number of carbonyl (C=O) groups is 1. The third kappa shape index (κ3) is 3.71. The lowest BCUT2D eigenvalue weighted by atomic mass is 10.2. The van der Waals surface area contributed by atoms with Gasteiger partial charge in [0.25, 0.3) is 0 Å². The Morgan fingerprint density at radius 1 is 1.25 bits per heavy atom. The summed E-state index contributed by atoms with van der Waals surface area (Å²) in [7, 11) is 0. The number of hydrogen-bond acceptors (Lipinski definition) is 4. The van der Waals surface area contributed by atoms with Crippen LogP contribution < -0.4 is 4.74 Å². The number of halogens is 1. The number of pyridine rings is 1. The zero-order chi connectivity index (χ0) is 14.4. The average Bonchev–Trinajstić information content (AvgIpc) is 2.47. The number of benzene rings is 1. The van der Waals surface area contributed by atoms with Crippen molar-refractivity contribution in [2.45, 2.75) is 13.5 Å². The van der Waals surface area contributed by atoms with Gasteiger partial charge in [-0.25, -0.2) is 9.78 Å². The molecule has 0 aliphatic carbocycles. The summed E-state index contributed by atoms with van der Waals surface area (Å²) in [4.78, 5) is 16.0. The maximum absolute atomic E-state index is 12.0. The topological polar surface area (TPSA) is 48.4 Å². The SMILES string of the molecule is CCOc1ccccc1C(=O)OCc1ccc(Cl)nc1. The summed E-state index contributed by atoms with van der Waals surface area (Å²) in [6.45, 7) is 2.50. The van der Waals surface area contributed by atoms with E-state index in [9.17, 15) is 4.79 Å². The molecule has 0 amide bonds. The number of para-hydroxylation sites is 1. The van der Waals surface area contributed by atoms with E-state index in [0.717, 1.165) is 5.56 Å². The lowest BCUT2D eigenvalue weighted by Crippen LogP contribution is -2.08. The van der Waals surface area contributed by atoms with Gasteiger partial charge in [-0.1, -0.05) is 29.8 Å². The van der Waals surface area contributed by atoms with Crippen LogP contribution in [-0.2, 0) is 11.3 Å². The van der Waals surface area contributed by atoms with Crippen molar-refractivity contribution >= 4 is 17.6 Å². The predicted molar refractivity (Wildman–Crippen MR) is 76.0 cm³/mol. The third-order valence-corrected chi connectivity index (χ3v) is 2.79. The number of rotatable bonds is 5. The molecule has 1 aromatic carbocycles. The Kier molecular flexibility index (Phi) is 4.96. The Bertz CT molecular complexity index is 584. The third-order valence-electron chi connectivity index (χ3n) is 2.57. The van der Waals surface area contributed by atoms with Crippen molar-refractivity contribution in [2.24, 2.45) is 0 Å². The highest BCUT2D eigenvalue weighted by Gasteiger charge is 2.13. The van der Waals surface area contributed by atoms with Crippen molar-refractivity contribution in [3.8, 4) is 5.75 Å². The molecule has 0 fully saturated rings. The van der Waals surface area contributed by atoms with Crippen molar-refractivity contribution in [1.82, 2.24) is 4.98 Å². The summed E-state index contributed by atoms with van der Waals surface area (Å²) in [5.74, 6) is 0.0956. The maximum Gasteiger partial charge on any atom is 0.342 e. The summed E-state index contributed by atoms with van der Waals surface area (Å²) < 4.78 is 10.6. The fourth-order valence-corrected chi connectivity index (χ4v) is 1.75. The minimum atomic E-state index is -0.427. The number of aromatic nitrogens is 1. The summed E-state index contributed by atoms with van der Waals surface area (Å²) in [5, 5.41) is 0.404. The average molecular weight is 292 g/mol. The quantitative estimate of drug-likeness (QED) is 0.625. The minimum absolute atomic E-state index is 0.142. The summed E-state index contributed by atoms with van der Waals surface area (Å²) in [6, 6.07) is 10.4. The van der Waals surface area contributed by atoms with Crippen LogP contribution in [-0.4, -0.2) is 17.6 Å². The standard InChI is InChI=1S/C15H14ClNO3/c1-2-19-13-6-4-3-5-12(13)15(18)20-10-11-7-8-14(16)17-9-11/h3-9H,2,10H2,1H3. The van der Waals surface area contributed by atoms with Gasteiger partial charge < -0.3 is 9.47 Å². The van der Waals surface area contributed by atoms with Crippen LogP contribution in [0.1, 0.15) is 22.8 Å². The molecule has 1 aromatic heterocycles. The molecule has 1 heterocycles. The van der Waals surface area contributed by atoms with Crippen LogP contribution in [0.4, 0.5) is 0 Å². The van der Waals surface area contributed by atoms with Gasteiger partial charge in [0.05, 0.1) is 6.61 Å².